The summed E-state index contributed by atoms with van der Waals surface area (Å²) >= 11 is 0. The number of anilines is 1. The zero-order valence-corrected chi connectivity index (χ0v) is 8.20. The van der Waals surface area contributed by atoms with Crippen LogP contribution in [0.25, 0.3) is 0 Å². The summed E-state index contributed by atoms with van der Waals surface area (Å²) in [5.74, 6) is -0.110. The van der Waals surface area contributed by atoms with Crippen LogP contribution in [0.15, 0.2) is 18.3 Å². The van der Waals surface area contributed by atoms with Crippen LogP contribution in [0.5, 0.6) is 0 Å². The van der Waals surface area contributed by atoms with Gasteiger partial charge in [0.1, 0.15) is 0 Å². The lowest BCUT2D eigenvalue weighted by Gasteiger charge is -2.11. The van der Waals surface area contributed by atoms with Gasteiger partial charge >= 0.3 is 0 Å². The summed E-state index contributed by atoms with van der Waals surface area (Å²) in [6.45, 7) is 2.94. The molecule has 2 N–H and O–H groups in total. The first-order chi connectivity index (χ1) is 6.72. The largest absolute Gasteiger partial charge is 0.396 e. The van der Waals surface area contributed by atoms with E-state index < -0.39 is 5.95 Å². The third-order valence-electron chi connectivity index (χ3n) is 2.00. The Kier molecular flexibility index (Phi) is 4.32. The second-order valence-electron chi connectivity index (χ2n) is 3.37. The third-order valence-corrected chi connectivity index (χ3v) is 2.00. The predicted molar refractivity (Wildman–Crippen MR) is 53.6 cm³/mol. The molecule has 0 saturated heterocycles. The highest BCUT2D eigenvalue weighted by Crippen LogP contribution is 2.08. The smallest absolute Gasteiger partial charge is 0.214 e. The second-order valence-corrected chi connectivity index (χ2v) is 3.37. The molecule has 1 rings (SSSR count). The molecule has 0 aromatic carbocycles. The molecule has 0 aliphatic heterocycles. The first kappa shape index (κ1) is 10.9. The molecular weight excluding hydrogens is 183 g/mol. The molecule has 1 heterocycles. The van der Waals surface area contributed by atoms with Gasteiger partial charge in [0.25, 0.3) is 0 Å². The molecule has 0 amide bonds. The van der Waals surface area contributed by atoms with E-state index in [1.807, 2.05) is 6.92 Å². The number of hydrogen-bond donors (Lipinski definition) is 2. The zero-order chi connectivity index (χ0) is 10.4. The van der Waals surface area contributed by atoms with Gasteiger partial charge in [0.2, 0.25) is 5.95 Å². The average Bonchev–Trinajstić information content (AvgIpc) is 2.15. The summed E-state index contributed by atoms with van der Waals surface area (Å²) in [4.78, 5) is 3.46. The number of halogens is 1. The number of aromatic nitrogens is 1. The second kappa shape index (κ2) is 5.54. The van der Waals surface area contributed by atoms with Crippen LogP contribution in [0.3, 0.4) is 0 Å². The lowest BCUT2D eigenvalue weighted by molar-refractivity contribution is 0.266. The maximum absolute atomic E-state index is 12.6. The van der Waals surface area contributed by atoms with Gasteiger partial charge in [0.15, 0.2) is 0 Å². The van der Waals surface area contributed by atoms with Crippen LogP contribution in [0.1, 0.15) is 13.3 Å². The van der Waals surface area contributed by atoms with E-state index in [2.05, 4.69) is 10.3 Å². The topological polar surface area (TPSA) is 45.1 Å². The Morgan fingerprint density at radius 3 is 3.07 bits per heavy atom. The fourth-order valence-corrected chi connectivity index (χ4v) is 1.13. The van der Waals surface area contributed by atoms with Crippen LogP contribution < -0.4 is 5.32 Å². The lowest BCUT2D eigenvalue weighted by atomic mass is 10.1. The van der Waals surface area contributed by atoms with Gasteiger partial charge in [-0.1, -0.05) is 6.92 Å². The first-order valence-electron chi connectivity index (χ1n) is 4.68. The Hall–Kier alpha value is -1.16. The van der Waals surface area contributed by atoms with Crippen LogP contribution in [-0.2, 0) is 0 Å². The van der Waals surface area contributed by atoms with Gasteiger partial charge in [0.05, 0.1) is 0 Å². The zero-order valence-electron chi connectivity index (χ0n) is 8.20. The number of aliphatic hydroxyl groups excluding tert-OH is 1. The van der Waals surface area contributed by atoms with Crippen molar-refractivity contribution in [2.45, 2.75) is 13.3 Å². The maximum atomic E-state index is 12.6. The van der Waals surface area contributed by atoms with Crippen LogP contribution in [0, 0.1) is 11.9 Å². The number of rotatable bonds is 5. The van der Waals surface area contributed by atoms with Gasteiger partial charge in [-0.2, -0.15) is 4.39 Å². The molecule has 0 fully saturated rings. The van der Waals surface area contributed by atoms with Crippen molar-refractivity contribution in [2.24, 2.45) is 5.92 Å². The van der Waals surface area contributed by atoms with Crippen molar-refractivity contribution >= 4 is 5.69 Å². The van der Waals surface area contributed by atoms with Gasteiger partial charge in [-0.15, -0.1) is 0 Å². The number of nitrogens with zero attached hydrogens (tertiary/aromatic N) is 1. The third kappa shape index (κ3) is 3.70. The van der Waals surface area contributed by atoms with Crippen LogP contribution in [0.2, 0.25) is 0 Å². The molecule has 1 aromatic rings. The Morgan fingerprint density at radius 2 is 2.43 bits per heavy atom. The van der Waals surface area contributed by atoms with E-state index in [0.29, 0.717) is 5.92 Å². The van der Waals surface area contributed by atoms with E-state index >= 15 is 0 Å². The summed E-state index contributed by atoms with van der Waals surface area (Å²) in [5.41, 5.74) is 0.724. The normalized spacial score (nSPS) is 12.5. The number of pyridine rings is 1. The molecule has 0 saturated carbocycles. The Morgan fingerprint density at radius 1 is 1.64 bits per heavy atom. The van der Waals surface area contributed by atoms with Crippen molar-refractivity contribution in [3.8, 4) is 0 Å². The Balaban J connectivity index is 2.37. The van der Waals surface area contributed by atoms with Crippen molar-refractivity contribution in [3.05, 3.63) is 24.3 Å². The van der Waals surface area contributed by atoms with Gasteiger partial charge < -0.3 is 10.4 Å². The van der Waals surface area contributed by atoms with Crippen molar-refractivity contribution in [3.63, 3.8) is 0 Å². The van der Waals surface area contributed by atoms with E-state index in [1.165, 1.54) is 12.3 Å². The number of nitrogens with one attached hydrogen (secondary N) is 1. The Labute approximate surface area is 83.0 Å². The molecule has 1 unspecified atom stereocenters. The molecule has 4 heteroatoms. The molecular formula is C10H15FN2O. The fraction of sp³-hybridized carbons (Fsp3) is 0.500. The monoisotopic (exact) mass is 198 g/mol. The summed E-state index contributed by atoms with van der Waals surface area (Å²) in [6, 6.07) is 3.07. The van der Waals surface area contributed by atoms with Gasteiger partial charge in [-0.25, -0.2) is 4.98 Å². The molecule has 3 nitrogen and oxygen atoms in total. The highest BCUT2D eigenvalue weighted by Gasteiger charge is 2.01. The standard InChI is InChI=1S/C10H15FN2O/c1-8(3-5-14)7-13-9-2-4-12-10(11)6-9/h2,4,6,8,14H,3,5,7H2,1H3,(H,12,13). The van der Waals surface area contributed by atoms with E-state index in [1.54, 1.807) is 6.07 Å². The molecule has 14 heavy (non-hydrogen) atoms. The van der Waals surface area contributed by atoms with Crippen molar-refractivity contribution < 1.29 is 9.50 Å². The van der Waals surface area contributed by atoms with E-state index in [0.717, 1.165) is 18.7 Å². The van der Waals surface area contributed by atoms with Gasteiger partial charge in [-0.3, -0.25) is 0 Å². The molecule has 0 aliphatic carbocycles. The van der Waals surface area contributed by atoms with Gasteiger partial charge in [-0.05, 0) is 18.4 Å². The minimum atomic E-state index is -0.482. The summed E-state index contributed by atoms with van der Waals surface area (Å²) in [6.07, 6.45) is 2.18. The molecule has 78 valence electrons. The molecule has 0 bridgehead atoms. The van der Waals surface area contributed by atoms with Crippen molar-refractivity contribution in [1.29, 1.82) is 0 Å². The highest BCUT2D eigenvalue weighted by molar-refractivity contribution is 5.41. The highest BCUT2D eigenvalue weighted by atomic mass is 19.1. The summed E-state index contributed by atoms with van der Waals surface area (Å²) < 4.78 is 12.6. The quantitative estimate of drug-likeness (QED) is 0.707. The van der Waals surface area contributed by atoms with Gasteiger partial charge in [0, 0.05) is 31.1 Å². The van der Waals surface area contributed by atoms with E-state index in [9.17, 15) is 4.39 Å². The van der Waals surface area contributed by atoms with Crippen LogP contribution in [-0.4, -0.2) is 23.2 Å². The first-order valence-corrected chi connectivity index (χ1v) is 4.68. The minimum absolute atomic E-state index is 0.188. The molecule has 0 spiro atoms. The fourth-order valence-electron chi connectivity index (χ4n) is 1.13. The summed E-state index contributed by atoms with van der Waals surface area (Å²) in [7, 11) is 0. The summed E-state index contributed by atoms with van der Waals surface area (Å²) in [5, 5.41) is 11.8. The van der Waals surface area contributed by atoms with E-state index in [4.69, 9.17) is 5.11 Å². The SMILES string of the molecule is CC(CCO)CNc1ccnc(F)c1. The van der Waals surface area contributed by atoms with Crippen molar-refractivity contribution in [1.82, 2.24) is 4.98 Å². The lowest BCUT2D eigenvalue weighted by Crippen LogP contribution is -2.12. The number of hydrogen-bond acceptors (Lipinski definition) is 3. The number of aliphatic hydroxyl groups is 1. The van der Waals surface area contributed by atoms with E-state index in [-0.39, 0.29) is 6.61 Å². The van der Waals surface area contributed by atoms with Crippen molar-refractivity contribution in [2.75, 3.05) is 18.5 Å². The molecule has 1 aromatic heterocycles. The van der Waals surface area contributed by atoms with Crippen LogP contribution in [0.4, 0.5) is 10.1 Å². The maximum Gasteiger partial charge on any atom is 0.214 e. The average molecular weight is 198 g/mol. The minimum Gasteiger partial charge on any atom is -0.396 e. The molecule has 0 aliphatic rings. The molecule has 0 radical (unpaired) electrons. The molecule has 1 atom stereocenters. The predicted octanol–water partition coefficient (Wildman–Crippen LogP) is 1.65. The Bertz CT molecular complexity index is 281. The van der Waals surface area contributed by atoms with Crippen LogP contribution >= 0.6 is 0 Å².